The van der Waals surface area contributed by atoms with Crippen LogP contribution in [0.2, 0.25) is 5.02 Å². The predicted octanol–water partition coefficient (Wildman–Crippen LogP) is 2.77. The maximum atomic E-state index is 12.9. The summed E-state index contributed by atoms with van der Waals surface area (Å²) in [5, 5.41) is 8.59. The number of nitrogens with zero attached hydrogens (tertiary/aromatic N) is 1. The van der Waals surface area contributed by atoms with Crippen LogP contribution in [0.5, 0.6) is 0 Å². The number of hydrogen-bond acceptors (Lipinski definition) is 3. The Kier molecular flexibility index (Phi) is 3.03. The lowest BCUT2D eigenvalue weighted by atomic mass is 10.2. The van der Waals surface area contributed by atoms with Crippen molar-refractivity contribution in [2.75, 3.05) is 0 Å². The molecule has 0 N–H and O–H groups in total. The van der Waals surface area contributed by atoms with Crippen molar-refractivity contribution in [2.45, 2.75) is 0 Å². The summed E-state index contributed by atoms with van der Waals surface area (Å²) in [6.07, 6.45) is 0. The fourth-order valence-electron chi connectivity index (χ4n) is 0.863. The van der Waals surface area contributed by atoms with E-state index in [0.29, 0.717) is 0 Å². The van der Waals surface area contributed by atoms with E-state index in [1.807, 2.05) is 0 Å². The van der Waals surface area contributed by atoms with Gasteiger partial charge in [-0.3, -0.25) is 14.9 Å². The van der Waals surface area contributed by atoms with Gasteiger partial charge in [-0.2, -0.15) is 0 Å². The van der Waals surface area contributed by atoms with E-state index in [2.05, 4.69) is 0 Å². The smallest absolute Gasteiger partial charge is 0.275 e. The molecule has 7 heteroatoms. The Balaban J connectivity index is 3.49. The van der Waals surface area contributed by atoms with Gasteiger partial charge in [0.15, 0.2) is 0 Å². The first-order chi connectivity index (χ1) is 6.45. The number of rotatable bonds is 2. The monoisotopic (exact) mass is 237 g/mol. The fourth-order valence-corrected chi connectivity index (χ4v) is 1.40. The minimum Gasteiger partial charge on any atom is -0.275 e. The SMILES string of the molecule is O=C(Cl)c1c(F)ccc([N+](=O)[O-])c1Cl. The van der Waals surface area contributed by atoms with Crippen molar-refractivity contribution in [3.63, 3.8) is 0 Å². The molecule has 74 valence electrons. The first-order valence-corrected chi connectivity index (χ1v) is 4.03. The van der Waals surface area contributed by atoms with Gasteiger partial charge in [-0.05, 0) is 17.7 Å². The summed E-state index contributed by atoms with van der Waals surface area (Å²) in [4.78, 5) is 20.2. The Morgan fingerprint density at radius 3 is 2.50 bits per heavy atom. The van der Waals surface area contributed by atoms with Crippen molar-refractivity contribution in [2.24, 2.45) is 0 Å². The van der Waals surface area contributed by atoms with Crippen LogP contribution in [0, 0.1) is 15.9 Å². The summed E-state index contributed by atoms with van der Waals surface area (Å²) in [6, 6.07) is 1.63. The zero-order valence-corrected chi connectivity index (χ0v) is 7.97. The highest BCUT2D eigenvalue weighted by Gasteiger charge is 2.23. The summed E-state index contributed by atoms with van der Waals surface area (Å²) in [5.41, 5.74) is -1.24. The highest BCUT2D eigenvalue weighted by atomic mass is 35.5. The minimum atomic E-state index is -1.17. The third kappa shape index (κ3) is 1.83. The van der Waals surface area contributed by atoms with Crippen LogP contribution >= 0.6 is 23.2 Å². The van der Waals surface area contributed by atoms with E-state index < -0.39 is 32.3 Å². The van der Waals surface area contributed by atoms with Gasteiger partial charge in [0.25, 0.3) is 10.9 Å². The van der Waals surface area contributed by atoms with Gasteiger partial charge >= 0.3 is 0 Å². The number of halogens is 3. The lowest BCUT2D eigenvalue weighted by molar-refractivity contribution is -0.384. The van der Waals surface area contributed by atoms with Gasteiger partial charge in [0.1, 0.15) is 10.8 Å². The second kappa shape index (κ2) is 3.89. The molecule has 0 amide bonds. The molecule has 0 heterocycles. The van der Waals surface area contributed by atoms with Crippen LogP contribution < -0.4 is 0 Å². The van der Waals surface area contributed by atoms with Gasteiger partial charge < -0.3 is 0 Å². The second-order valence-corrected chi connectivity index (χ2v) is 3.01. The summed E-state index contributed by atoms with van der Waals surface area (Å²) in [7, 11) is 0. The molecule has 0 aliphatic heterocycles. The number of hydrogen-bond donors (Lipinski definition) is 0. The van der Waals surface area contributed by atoms with Crippen LogP contribution in [-0.4, -0.2) is 10.2 Å². The molecule has 0 aliphatic carbocycles. The molecule has 0 radical (unpaired) electrons. The Morgan fingerprint density at radius 2 is 2.07 bits per heavy atom. The Morgan fingerprint density at radius 1 is 1.50 bits per heavy atom. The highest BCUT2D eigenvalue weighted by molar-refractivity contribution is 6.69. The zero-order chi connectivity index (χ0) is 10.9. The highest BCUT2D eigenvalue weighted by Crippen LogP contribution is 2.30. The predicted molar refractivity (Wildman–Crippen MR) is 48.2 cm³/mol. The van der Waals surface area contributed by atoms with Crippen LogP contribution in [0.15, 0.2) is 12.1 Å². The molecule has 0 aromatic heterocycles. The van der Waals surface area contributed by atoms with Gasteiger partial charge in [-0.1, -0.05) is 11.6 Å². The molecular formula is C7H2Cl2FNO3. The molecule has 0 saturated heterocycles. The molecule has 1 aromatic rings. The number of nitro benzene ring substituents is 1. The molecule has 0 bridgehead atoms. The maximum Gasteiger partial charge on any atom is 0.288 e. The lowest BCUT2D eigenvalue weighted by Crippen LogP contribution is -1.99. The third-order valence-electron chi connectivity index (χ3n) is 1.46. The molecule has 1 rings (SSSR count). The molecule has 0 aliphatic rings. The first kappa shape index (κ1) is 10.9. The second-order valence-electron chi connectivity index (χ2n) is 2.29. The largest absolute Gasteiger partial charge is 0.288 e. The molecule has 0 atom stereocenters. The van der Waals surface area contributed by atoms with E-state index in [1.165, 1.54) is 0 Å². The lowest BCUT2D eigenvalue weighted by Gasteiger charge is -2.00. The molecule has 14 heavy (non-hydrogen) atoms. The van der Waals surface area contributed by atoms with Crippen LogP contribution in [0.1, 0.15) is 10.4 Å². The van der Waals surface area contributed by atoms with Gasteiger partial charge in [0.2, 0.25) is 0 Å². The van der Waals surface area contributed by atoms with Gasteiger partial charge in [0, 0.05) is 6.07 Å². The van der Waals surface area contributed by atoms with Crippen molar-refractivity contribution in [3.8, 4) is 0 Å². The first-order valence-electron chi connectivity index (χ1n) is 3.27. The number of carbonyl (C=O) groups excluding carboxylic acids is 1. The van der Waals surface area contributed by atoms with Crippen LogP contribution in [-0.2, 0) is 0 Å². The minimum absolute atomic E-state index is 0.558. The standard InChI is InChI=1S/C7H2Cl2FNO3/c8-6-4(11(13)14)2-1-3(10)5(6)7(9)12/h1-2H. The molecule has 0 saturated carbocycles. The fraction of sp³-hybridized carbons (Fsp3) is 0. The molecule has 0 fully saturated rings. The van der Waals surface area contributed by atoms with Crippen LogP contribution in [0.4, 0.5) is 10.1 Å². The van der Waals surface area contributed by atoms with E-state index in [-0.39, 0.29) is 0 Å². The van der Waals surface area contributed by atoms with E-state index >= 15 is 0 Å². The molecule has 0 spiro atoms. The average molecular weight is 238 g/mol. The van der Waals surface area contributed by atoms with Gasteiger partial charge in [0.05, 0.1) is 10.5 Å². The Labute approximate surface area is 87.4 Å². The van der Waals surface area contributed by atoms with Crippen molar-refractivity contribution in [3.05, 3.63) is 38.7 Å². The van der Waals surface area contributed by atoms with E-state index in [0.717, 1.165) is 12.1 Å². The Hall–Kier alpha value is -1.20. The summed E-state index contributed by atoms with van der Waals surface area (Å²) < 4.78 is 12.9. The molecule has 4 nitrogen and oxygen atoms in total. The number of nitro groups is 1. The normalized spacial score (nSPS) is 9.93. The van der Waals surface area contributed by atoms with Crippen LogP contribution in [0.25, 0.3) is 0 Å². The summed E-state index contributed by atoms with van der Waals surface area (Å²) in [6.45, 7) is 0. The maximum absolute atomic E-state index is 12.9. The van der Waals surface area contributed by atoms with Crippen LogP contribution in [0.3, 0.4) is 0 Å². The van der Waals surface area contributed by atoms with Crippen molar-refractivity contribution >= 4 is 34.1 Å². The average Bonchev–Trinajstić information content (AvgIpc) is 2.02. The summed E-state index contributed by atoms with van der Waals surface area (Å²) >= 11 is 10.4. The number of benzene rings is 1. The summed E-state index contributed by atoms with van der Waals surface area (Å²) in [5.74, 6) is -0.986. The topological polar surface area (TPSA) is 60.2 Å². The molecule has 0 unspecified atom stereocenters. The van der Waals surface area contributed by atoms with E-state index in [9.17, 15) is 19.3 Å². The van der Waals surface area contributed by atoms with Crippen molar-refractivity contribution in [1.82, 2.24) is 0 Å². The van der Waals surface area contributed by atoms with Crippen molar-refractivity contribution in [1.29, 1.82) is 0 Å². The van der Waals surface area contributed by atoms with E-state index in [4.69, 9.17) is 23.2 Å². The molecule has 1 aromatic carbocycles. The van der Waals surface area contributed by atoms with Gasteiger partial charge in [-0.25, -0.2) is 4.39 Å². The number of carbonyl (C=O) groups is 1. The van der Waals surface area contributed by atoms with Crippen molar-refractivity contribution < 1.29 is 14.1 Å². The van der Waals surface area contributed by atoms with Gasteiger partial charge in [-0.15, -0.1) is 0 Å². The Bertz CT molecular complexity index is 422. The third-order valence-corrected chi connectivity index (χ3v) is 2.04. The molecular weight excluding hydrogens is 236 g/mol. The zero-order valence-electron chi connectivity index (χ0n) is 6.46. The quantitative estimate of drug-likeness (QED) is 0.452. The van der Waals surface area contributed by atoms with E-state index in [1.54, 1.807) is 0 Å².